The zero-order chi connectivity index (χ0) is 17.7. The van der Waals surface area contributed by atoms with Crippen molar-refractivity contribution in [2.75, 3.05) is 6.61 Å². The Morgan fingerprint density at radius 2 is 2.00 bits per heavy atom. The van der Waals surface area contributed by atoms with Gasteiger partial charge >= 0.3 is 12.1 Å². The standard InChI is InChI=1S/C15H14F3NO4/c1-3-8-23-13(22)14(11(20)4-2,15(16,17)18)12(21)10-6-5-7-19-9-10/h3,5-7,9H,1,4,8H2,2H3. The molecule has 0 aliphatic heterocycles. The number of aromatic nitrogens is 1. The second-order valence-corrected chi connectivity index (χ2v) is 4.48. The molecule has 23 heavy (non-hydrogen) atoms. The molecule has 0 N–H and O–H groups in total. The molecule has 0 bridgehead atoms. The third kappa shape index (κ3) is 3.30. The van der Waals surface area contributed by atoms with Crippen molar-refractivity contribution in [3.8, 4) is 0 Å². The average molecular weight is 329 g/mol. The van der Waals surface area contributed by atoms with Gasteiger partial charge in [0.25, 0.3) is 5.41 Å². The number of ether oxygens (including phenoxy) is 1. The fraction of sp³-hybridized carbons (Fsp3) is 0.333. The van der Waals surface area contributed by atoms with E-state index in [1.165, 1.54) is 12.3 Å². The van der Waals surface area contributed by atoms with Crippen molar-refractivity contribution in [3.63, 3.8) is 0 Å². The van der Waals surface area contributed by atoms with Crippen LogP contribution < -0.4 is 0 Å². The normalized spacial score (nSPS) is 13.7. The van der Waals surface area contributed by atoms with Crippen LogP contribution in [-0.2, 0) is 14.3 Å². The Labute approximate surface area is 130 Å². The molecular formula is C15H14F3NO4. The summed E-state index contributed by atoms with van der Waals surface area (Å²) < 4.78 is 45.3. The second kappa shape index (κ2) is 7.17. The van der Waals surface area contributed by atoms with E-state index in [4.69, 9.17) is 0 Å². The number of hydrogen-bond donors (Lipinski definition) is 0. The van der Waals surface area contributed by atoms with Crippen LogP contribution in [0.3, 0.4) is 0 Å². The zero-order valence-electron chi connectivity index (χ0n) is 12.2. The molecule has 8 heteroatoms. The maximum atomic E-state index is 13.6. The van der Waals surface area contributed by atoms with Crippen molar-refractivity contribution in [2.24, 2.45) is 5.41 Å². The molecule has 0 aliphatic carbocycles. The van der Waals surface area contributed by atoms with Crippen LogP contribution in [-0.4, -0.2) is 35.3 Å². The number of hydrogen-bond acceptors (Lipinski definition) is 5. The summed E-state index contributed by atoms with van der Waals surface area (Å²) in [5.41, 5.74) is -4.42. The molecule has 0 fully saturated rings. The second-order valence-electron chi connectivity index (χ2n) is 4.48. The Morgan fingerprint density at radius 1 is 1.35 bits per heavy atom. The van der Waals surface area contributed by atoms with Crippen LogP contribution in [0, 0.1) is 5.41 Å². The van der Waals surface area contributed by atoms with Gasteiger partial charge in [-0.15, -0.1) is 0 Å². The third-order valence-corrected chi connectivity index (χ3v) is 3.07. The lowest BCUT2D eigenvalue weighted by molar-refractivity contribution is -0.215. The fourth-order valence-corrected chi connectivity index (χ4v) is 1.96. The number of halogens is 3. The van der Waals surface area contributed by atoms with Crippen LogP contribution in [0.2, 0.25) is 0 Å². The molecule has 1 unspecified atom stereocenters. The monoisotopic (exact) mass is 329 g/mol. The van der Waals surface area contributed by atoms with Gasteiger partial charge in [-0.1, -0.05) is 19.6 Å². The molecule has 0 saturated carbocycles. The predicted molar refractivity (Wildman–Crippen MR) is 73.5 cm³/mol. The number of nitrogens with zero attached hydrogens (tertiary/aromatic N) is 1. The molecule has 0 saturated heterocycles. The van der Waals surface area contributed by atoms with Gasteiger partial charge in [0, 0.05) is 24.4 Å². The average Bonchev–Trinajstić information content (AvgIpc) is 2.52. The first-order valence-electron chi connectivity index (χ1n) is 6.56. The molecular weight excluding hydrogens is 315 g/mol. The lowest BCUT2D eigenvalue weighted by atomic mass is 9.75. The number of ketones is 2. The van der Waals surface area contributed by atoms with Crippen LogP contribution in [0.5, 0.6) is 0 Å². The topological polar surface area (TPSA) is 73.3 Å². The molecule has 1 aromatic heterocycles. The molecule has 5 nitrogen and oxygen atoms in total. The summed E-state index contributed by atoms with van der Waals surface area (Å²) >= 11 is 0. The highest BCUT2D eigenvalue weighted by atomic mass is 19.4. The van der Waals surface area contributed by atoms with Crippen molar-refractivity contribution in [2.45, 2.75) is 19.5 Å². The molecule has 0 aliphatic rings. The lowest BCUT2D eigenvalue weighted by Crippen LogP contribution is -2.57. The number of rotatable bonds is 7. The Balaban J connectivity index is 3.56. The quantitative estimate of drug-likeness (QED) is 0.333. The predicted octanol–water partition coefficient (Wildman–Crippen LogP) is 2.52. The van der Waals surface area contributed by atoms with Gasteiger partial charge in [0.1, 0.15) is 6.61 Å². The first-order valence-corrected chi connectivity index (χ1v) is 6.56. The Bertz CT molecular complexity index is 613. The third-order valence-electron chi connectivity index (χ3n) is 3.07. The summed E-state index contributed by atoms with van der Waals surface area (Å²) in [6.07, 6.45) is -3.00. The number of Topliss-reactive ketones (excluding diaryl/α,β-unsaturated/α-hetero) is 2. The van der Waals surface area contributed by atoms with Crippen molar-refractivity contribution < 1.29 is 32.3 Å². The molecule has 1 rings (SSSR count). The van der Waals surface area contributed by atoms with E-state index in [1.807, 2.05) is 0 Å². The Hall–Kier alpha value is -2.51. The van der Waals surface area contributed by atoms with Gasteiger partial charge in [0.15, 0.2) is 11.6 Å². The Morgan fingerprint density at radius 3 is 2.43 bits per heavy atom. The fourth-order valence-electron chi connectivity index (χ4n) is 1.96. The van der Waals surface area contributed by atoms with E-state index >= 15 is 0 Å². The van der Waals surface area contributed by atoms with Crippen molar-refractivity contribution in [1.29, 1.82) is 0 Å². The van der Waals surface area contributed by atoms with E-state index in [-0.39, 0.29) is 0 Å². The van der Waals surface area contributed by atoms with E-state index in [9.17, 15) is 27.6 Å². The Kier molecular flexibility index (Phi) is 5.78. The molecule has 1 heterocycles. The van der Waals surface area contributed by atoms with Crippen LogP contribution in [0.4, 0.5) is 13.2 Å². The minimum atomic E-state index is -5.45. The highest BCUT2D eigenvalue weighted by Crippen LogP contribution is 2.43. The summed E-state index contributed by atoms with van der Waals surface area (Å²) in [6.45, 7) is 3.77. The van der Waals surface area contributed by atoms with Crippen LogP contribution >= 0.6 is 0 Å². The van der Waals surface area contributed by atoms with E-state index < -0.39 is 47.7 Å². The minimum absolute atomic E-state index is 0.512. The molecule has 0 radical (unpaired) electrons. The number of esters is 1. The first-order chi connectivity index (χ1) is 10.7. The SMILES string of the molecule is C=CCOC(=O)C(C(=O)CC)(C(=O)c1cccnc1)C(F)(F)F. The van der Waals surface area contributed by atoms with E-state index in [0.717, 1.165) is 25.3 Å². The number of pyridine rings is 1. The maximum Gasteiger partial charge on any atom is 0.419 e. The van der Waals surface area contributed by atoms with Crippen molar-refractivity contribution >= 4 is 17.5 Å². The van der Waals surface area contributed by atoms with Crippen molar-refractivity contribution in [1.82, 2.24) is 4.98 Å². The summed E-state index contributed by atoms with van der Waals surface area (Å²) in [5.74, 6) is -5.27. The van der Waals surface area contributed by atoms with Crippen molar-refractivity contribution in [3.05, 3.63) is 42.7 Å². The lowest BCUT2D eigenvalue weighted by Gasteiger charge is -2.30. The summed E-state index contributed by atoms with van der Waals surface area (Å²) in [4.78, 5) is 40.0. The highest BCUT2D eigenvalue weighted by Gasteiger charge is 2.71. The van der Waals surface area contributed by atoms with Gasteiger partial charge < -0.3 is 4.74 Å². The molecule has 1 aromatic rings. The smallest absolute Gasteiger partial charge is 0.419 e. The molecule has 0 amide bonds. The number of carbonyl (C=O) groups is 3. The minimum Gasteiger partial charge on any atom is -0.460 e. The van der Waals surface area contributed by atoms with E-state index in [2.05, 4.69) is 16.3 Å². The summed E-state index contributed by atoms with van der Waals surface area (Å²) in [7, 11) is 0. The van der Waals surface area contributed by atoms with Crippen LogP contribution in [0.25, 0.3) is 0 Å². The van der Waals surface area contributed by atoms with Gasteiger partial charge in [-0.05, 0) is 12.1 Å². The van der Waals surface area contributed by atoms with Gasteiger partial charge in [0.2, 0.25) is 0 Å². The highest BCUT2D eigenvalue weighted by molar-refractivity contribution is 6.27. The van der Waals surface area contributed by atoms with Crippen LogP contribution in [0.1, 0.15) is 23.7 Å². The zero-order valence-corrected chi connectivity index (χ0v) is 12.2. The molecule has 0 spiro atoms. The summed E-state index contributed by atoms with van der Waals surface area (Å²) in [6, 6.07) is 2.26. The molecule has 1 atom stereocenters. The summed E-state index contributed by atoms with van der Waals surface area (Å²) in [5, 5.41) is 0. The van der Waals surface area contributed by atoms with Crippen LogP contribution in [0.15, 0.2) is 37.2 Å². The number of carbonyl (C=O) groups excluding carboxylic acids is 3. The first kappa shape index (κ1) is 18.5. The number of alkyl halides is 3. The van der Waals surface area contributed by atoms with Gasteiger partial charge in [-0.25, -0.2) is 0 Å². The van der Waals surface area contributed by atoms with Gasteiger partial charge in [0.05, 0.1) is 0 Å². The molecule has 0 aromatic carbocycles. The van der Waals surface area contributed by atoms with Gasteiger partial charge in [-0.2, -0.15) is 13.2 Å². The van der Waals surface area contributed by atoms with Gasteiger partial charge in [-0.3, -0.25) is 19.4 Å². The largest absolute Gasteiger partial charge is 0.460 e. The maximum absolute atomic E-state index is 13.6. The van der Waals surface area contributed by atoms with E-state index in [0.29, 0.717) is 0 Å². The van der Waals surface area contributed by atoms with E-state index in [1.54, 1.807) is 0 Å². The molecule has 124 valence electrons.